The molecule has 5 heteroatoms. The maximum atomic E-state index is 10.4. The smallest absolute Gasteiger partial charge is 0.298 e. The summed E-state index contributed by atoms with van der Waals surface area (Å²) in [6.07, 6.45) is 0. The number of hydrogen-bond donors (Lipinski definition) is 0. The lowest BCUT2D eigenvalue weighted by atomic mass is 10.3. The van der Waals surface area contributed by atoms with Crippen LogP contribution in [0.25, 0.3) is 10.2 Å². The van der Waals surface area contributed by atoms with Crippen LogP contribution in [-0.2, 0) is 11.8 Å². The minimum absolute atomic E-state index is 0.000657. The Morgan fingerprint density at radius 1 is 1.53 bits per heavy atom. The average molecular weight is 239 g/mol. The summed E-state index contributed by atoms with van der Waals surface area (Å²) in [6, 6.07) is 8.01. The third kappa shape index (κ3) is 2.13. The van der Waals surface area contributed by atoms with E-state index in [0.717, 1.165) is 9.86 Å². The number of hydrogen-bond acceptors (Lipinski definition) is 4. The Hall–Kier alpha value is -1.07. The molecule has 1 heterocycles. The van der Waals surface area contributed by atoms with Gasteiger partial charge in [0, 0.05) is 11.8 Å². The van der Waals surface area contributed by atoms with Gasteiger partial charge in [-0.05, 0) is 17.8 Å². The monoisotopic (exact) mass is 239 g/mol. The third-order valence-electron chi connectivity index (χ3n) is 2.01. The number of carboxylic acids is 1. The first kappa shape index (κ1) is 10.4. The first-order valence-electron chi connectivity index (χ1n) is 4.38. The SMILES string of the molecule is C[n+]1c(SCC(=O)[O-])sc2ccccc21. The highest BCUT2D eigenvalue weighted by Crippen LogP contribution is 2.26. The van der Waals surface area contributed by atoms with Crippen molar-refractivity contribution in [1.82, 2.24) is 0 Å². The van der Waals surface area contributed by atoms with Gasteiger partial charge in [-0.1, -0.05) is 23.5 Å². The molecule has 0 atom stereocenters. The van der Waals surface area contributed by atoms with Crippen LogP contribution in [0.5, 0.6) is 0 Å². The Kier molecular flexibility index (Phi) is 2.93. The van der Waals surface area contributed by atoms with Crippen LogP contribution in [0, 0.1) is 0 Å². The maximum Gasteiger partial charge on any atom is 0.298 e. The summed E-state index contributed by atoms with van der Waals surface area (Å²) in [6.45, 7) is 0. The molecule has 0 spiro atoms. The molecule has 0 unspecified atom stereocenters. The van der Waals surface area contributed by atoms with Gasteiger partial charge in [0.1, 0.15) is 11.7 Å². The van der Waals surface area contributed by atoms with Crippen LogP contribution in [0.1, 0.15) is 0 Å². The summed E-state index contributed by atoms with van der Waals surface area (Å²) in [4.78, 5) is 10.4. The molecule has 0 amide bonds. The standard InChI is InChI=1S/C10H9NO2S2/c1-11-7-4-2-3-5-8(7)15-10(11)14-6-9(12)13/h2-5H,6H2,1H3. The highest BCUT2D eigenvalue weighted by atomic mass is 32.2. The summed E-state index contributed by atoms with van der Waals surface area (Å²) in [7, 11) is 1.94. The van der Waals surface area contributed by atoms with Gasteiger partial charge in [-0.15, -0.1) is 0 Å². The molecule has 0 saturated heterocycles. The normalized spacial score (nSPS) is 10.7. The molecule has 78 valence electrons. The molecule has 2 rings (SSSR count). The van der Waals surface area contributed by atoms with Gasteiger partial charge in [0.05, 0.1) is 5.97 Å². The second-order valence-electron chi connectivity index (χ2n) is 3.06. The van der Waals surface area contributed by atoms with E-state index in [-0.39, 0.29) is 5.75 Å². The molecule has 0 radical (unpaired) electrons. The van der Waals surface area contributed by atoms with Crippen molar-refractivity contribution in [1.29, 1.82) is 0 Å². The molecule has 0 aliphatic rings. The van der Waals surface area contributed by atoms with Crippen molar-refractivity contribution in [2.45, 2.75) is 4.34 Å². The second kappa shape index (κ2) is 4.20. The van der Waals surface area contributed by atoms with E-state index in [4.69, 9.17) is 0 Å². The number of carbonyl (C=O) groups is 1. The average Bonchev–Trinajstić information content (AvgIpc) is 2.54. The second-order valence-corrected chi connectivity index (χ2v) is 5.31. The fraction of sp³-hybridized carbons (Fsp3) is 0.200. The first-order valence-corrected chi connectivity index (χ1v) is 6.19. The van der Waals surface area contributed by atoms with Crippen LogP contribution in [-0.4, -0.2) is 11.7 Å². The number of carboxylic acid groups (broad SMARTS) is 1. The van der Waals surface area contributed by atoms with Gasteiger partial charge in [0.15, 0.2) is 0 Å². The molecule has 15 heavy (non-hydrogen) atoms. The predicted octanol–water partition coefficient (Wildman–Crippen LogP) is 0.568. The van der Waals surface area contributed by atoms with Crippen molar-refractivity contribution in [3.05, 3.63) is 24.3 Å². The van der Waals surface area contributed by atoms with Crippen molar-refractivity contribution in [2.24, 2.45) is 7.05 Å². The van der Waals surface area contributed by atoms with Crippen LogP contribution in [0.4, 0.5) is 0 Å². The number of fused-ring (bicyclic) bond motifs is 1. The maximum absolute atomic E-state index is 10.4. The van der Waals surface area contributed by atoms with Gasteiger partial charge in [0.25, 0.3) is 4.34 Å². The number of aromatic nitrogens is 1. The Morgan fingerprint density at radius 2 is 2.27 bits per heavy atom. The quantitative estimate of drug-likeness (QED) is 0.581. The zero-order valence-corrected chi connectivity index (χ0v) is 9.73. The Balaban J connectivity index is 2.36. The molecule has 2 aromatic rings. The van der Waals surface area contributed by atoms with Crippen LogP contribution in [0.3, 0.4) is 0 Å². The summed E-state index contributed by atoms with van der Waals surface area (Å²) >= 11 is 2.90. The zero-order valence-electron chi connectivity index (χ0n) is 8.10. The third-order valence-corrected chi connectivity index (χ3v) is 4.53. The van der Waals surface area contributed by atoms with E-state index in [1.165, 1.54) is 16.5 Å². The number of thioether (sulfide) groups is 1. The number of thiazole rings is 1. The first-order chi connectivity index (χ1) is 7.18. The highest BCUT2D eigenvalue weighted by Gasteiger charge is 2.16. The summed E-state index contributed by atoms with van der Waals surface area (Å²) in [5.41, 5.74) is 1.13. The molecule has 0 bridgehead atoms. The number of aliphatic carboxylic acids is 1. The number of rotatable bonds is 3. The van der Waals surface area contributed by atoms with E-state index < -0.39 is 5.97 Å². The summed E-state index contributed by atoms with van der Waals surface area (Å²) in [5, 5.41) is 10.4. The minimum atomic E-state index is -1.03. The lowest BCUT2D eigenvalue weighted by molar-refractivity contribution is -0.676. The fourth-order valence-electron chi connectivity index (χ4n) is 1.33. The zero-order chi connectivity index (χ0) is 10.8. The molecule has 0 aliphatic heterocycles. The van der Waals surface area contributed by atoms with Crippen LogP contribution >= 0.6 is 23.1 Å². The molecule has 0 N–H and O–H groups in total. The van der Waals surface area contributed by atoms with Crippen molar-refractivity contribution in [3.63, 3.8) is 0 Å². The van der Waals surface area contributed by atoms with Crippen LogP contribution in [0.2, 0.25) is 0 Å². The molecule has 3 nitrogen and oxygen atoms in total. The summed E-state index contributed by atoms with van der Waals surface area (Å²) in [5.74, 6) is -1.03. The lowest BCUT2D eigenvalue weighted by Gasteiger charge is -1.95. The molecular formula is C10H9NO2S2. The Bertz CT molecular complexity index is 507. The minimum Gasteiger partial charge on any atom is -0.549 e. The number of aryl methyl sites for hydroxylation is 1. The van der Waals surface area contributed by atoms with Gasteiger partial charge < -0.3 is 9.90 Å². The molecular weight excluding hydrogens is 230 g/mol. The van der Waals surface area contributed by atoms with Crippen molar-refractivity contribution in [2.75, 3.05) is 5.75 Å². The molecule has 0 aliphatic carbocycles. The van der Waals surface area contributed by atoms with Gasteiger partial charge in [-0.3, -0.25) is 0 Å². The Labute approximate surface area is 95.4 Å². The van der Waals surface area contributed by atoms with E-state index in [9.17, 15) is 9.90 Å². The predicted molar refractivity (Wildman–Crippen MR) is 58.7 cm³/mol. The fourth-order valence-corrected chi connectivity index (χ4v) is 3.42. The van der Waals surface area contributed by atoms with Crippen LogP contribution < -0.4 is 9.67 Å². The number of para-hydroxylation sites is 1. The largest absolute Gasteiger partial charge is 0.549 e. The highest BCUT2D eigenvalue weighted by molar-refractivity contribution is 8.01. The molecule has 1 aromatic heterocycles. The van der Waals surface area contributed by atoms with Gasteiger partial charge in [0.2, 0.25) is 5.52 Å². The van der Waals surface area contributed by atoms with E-state index in [1.54, 1.807) is 11.3 Å². The van der Waals surface area contributed by atoms with E-state index in [2.05, 4.69) is 0 Å². The Morgan fingerprint density at radius 3 is 2.93 bits per heavy atom. The number of carbonyl (C=O) groups excluding carboxylic acids is 1. The summed E-state index contributed by atoms with van der Waals surface area (Å²) < 4.78 is 4.16. The van der Waals surface area contributed by atoms with Gasteiger partial charge in [-0.25, -0.2) is 0 Å². The molecule has 0 saturated carbocycles. The van der Waals surface area contributed by atoms with E-state index in [0.29, 0.717) is 0 Å². The van der Waals surface area contributed by atoms with Crippen LogP contribution in [0.15, 0.2) is 28.6 Å². The van der Waals surface area contributed by atoms with E-state index >= 15 is 0 Å². The van der Waals surface area contributed by atoms with Crippen molar-refractivity contribution < 1.29 is 14.5 Å². The van der Waals surface area contributed by atoms with Crippen molar-refractivity contribution >= 4 is 39.3 Å². The lowest BCUT2D eigenvalue weighted by Crippen LogP contribution is -2.30. The van der Waals surface area contributed by atoms with Gasteiger partial charge in [-0.2, -0.15) is 4.57 Å². The topological polar surface area (TPSA) is 44.0 Å². The van der Waals surface area contributed by atoms with Gasteiger partial charge >= 0.3 is 0 Å². The molecule has 0 fully saturated rings. The number of nitrogens with zero attached hydrogens (tertiary/aromatic N) is 1. The van der Waals surface area contributed by atoms with Crippen molar-refractivity contribution in [3.8, 4) is 0 Å². The van der Waals surface area contributed by atoms with E-state index in [1.807, 2.05) is 35.9 Å². The number of benzene rings is 1. The molecule has 1 aromatic carbocycles.